The largest absolute Gasteiger partial charge is 0.496 e. The van der Waals surface area contributed by atoms with Crippen LogP contribution in [-0.2, 0) is 6.42 Å². The highest BCUT2D eigenvalue weighted by atomic mass is 19.4. The molecule has 0 spiro atoms. The van der Waals surface area contributed by atoms with E-state index in [0.29, 0.717) is 13.0 Å². The Balaban J connectivity index is 1.93. The van der Waals surface area contributed by atoms with Crippen LogP contribution in [0.25, 0.3) is 0 Å². The Kier molecular flexibility index (Phi) is 6.37. The van der Waals surface area contributed by atoms with Gasteiger partial charge < -0.3 is 14.4 Å². The minimum atomic E-state index is -4.46. The molecular weight excluding hydrogens is 351 g/mol. The highest BCUT2D eigenvalue weighted by molar-refractivity contribution is 5.91. The van der Waals surface area contributed by atoms with Crippen LogP contribution in [0.4, 0.5) is 13.2 Å². The van der Waals surface area contributed by atoms with Gasteiger partial charge in [-0.1, -0.05) is 18.2 Å². The first-order valence-electron chi connectivity index (χ1n) is 7.71. The first-order valence-corrected chi connectivity index (χ1v) is 7.71. The number of hydrogen-bond acceptors (Lipinski definition) is 5. The third-order valence-corrected chi connectivity index (χ3v) is 3.50. The Morgan fingerprint density at radius 1 is 1.15 bits per heavy atom. The maximum Gasteiger partial charge on any atom is 0.422 e. The molecule has 0 saturated heterocycles. The number of aromatic nitrogens is 2. The summed E-state index contributed by atoms with van der Waals surface area (Å²) in [6, 6.07) is 9.94. The van der Waals surface area contributed by atoms with Crippen LogP contribution < -0.4 is 9.47 Å². The molecule has 0 aliphatic carbocycles. The summed E-state index contributed by atoms with van der Waals surface area (Å²) in [5.74, 6) is 0.0460. The number of benzene rings is 1. The van der Waals surface area contributed by atoms with Gasteiger partial charge in [-0.25, -0.2) is 0 Å². The van der Waals surface area contributed by atoms with Crippen LogP contribution in [0.3, 0.4) is 0 Å². The SMILES string of the molecule is COc1ccccc1CCN(C)C(=O)c1ccc(OCC(F)(F)F)nn1. The number of methoxy groups -OCH3 is 1. The topological polar surface area (TPSA) is 64.5 Å². The van der Waals surface area contributed by atoms with E-state index in [1.165, 1.54) is 17.0 Å². The number of alkyl halides is 3. The molecule has 140 valence electrons. The second-order valence-electron chi connectivity index (χ2n) is 5.45. The van der Waals surface area contributed by atoms with Crippen molar-refractivity contribution in [2.75, 3.05) is 27.3 Å². The number of para-hydroxylation sites is 1. The van der Waals surface area contributed by atoms with Crippen LogP contribution in [0.2, 0.25) is 0 Å². The van der Waals surface area contributed by atoms with Crippen molar-refractivity contribution >= 4 is 5.91 Å². The lowest BCUT2D eigenvalue weighted by Crippen LogP contribution is -2.29. The fourth-order valence-electron chi connectivity index (χ4n) is 2.16. The van der Waals surface area contributed by atoms with E-state index in [1.807, 2.05) is 24.3 Å². The number of nitrogens with zero attached hydrogens (tertiary/aromatic N) is 3. The quantitative estimate of drug-likeness (QED) is 0.751. The molecule has 9 heteroatoms. The zero-order valence-electron chi connectivity index (χ0n) is 14.3. The number of amides is 1. The van der Waals surface area contributed by atoms with E-state index in [0.717, 1.165) is 11.3 Å². The molecular formula is C17H18F3N3O3. The summed E-state index contributed by atoms with van der Waals surface area (Å²) in [6.45, 7) is -1.05. The molecule has 1 amide bonds. The minimum absolute atomic E-state index is 0.0203. The maximum absolute atomic E-state index is 12.3. The fourth-order valence-corrected chi connectivity index (χ4v) is 2.16. The predicted molar refractivity (Wildman–Crippen MR) is 87.2 cm³/mol. The van der Waals surface area contributed by atoms with Crippen LogP contribution in [0.15, 0.2) is 36.4 Å². The molecule has 0 bridgehead atoms. The molecule has 26 heavy (non-hydrogen) atoms. The molecule has 6 nitrogen and oxygen atoms in total. The molecule has 1 heterocycles. The normalized spacial score (nSPS) is 11.1. The highest BCUT2D eigenvalue weighted by Crippen LogP contribution is 2.19. The van der Waals surface area contributed by atoms with E-state index in [1.54, 1.807) is 14.2 Å². The third kappa shape index (κ3) is 5.61. The minimum Gasteiger partial charge on any atom is -0.496 e. The van der Waals surface area contributed by atoms with Crippen LogP contribution in [-0.4, -0.2) is 54.5 Å². The average molecular weight is 369 g/mol. The molecule has 0 unspecified atom stereocenters. The van der Waals surface area contributed by atoms with Crippen LogP contribution in [0, 0.1) is 0 Å². The lowest BCUT2D eigenvalue weighted by atomic mass is 10.1. The monoisotopic (exact) mass is 369 g/mol. The lowest BCUT2D eigenvalue weighted by molar-refractivity contribution is -0.154. The number of ether oxygens (including phenoxy) is 2. The number of carbonyl (C=O) groups excluding carboxylic acids is 1. The van der Waals surface area contributed by atoms with Gasteiger partial charge in [0.2, 0.25) is 5.88 Å². The van der Waals surface area contributed by atoms with Gasteiger partial charge in [-0.3, -0.25) is 4.79 Å². The lowest BCUT2D eigenvalue weighted by Gasteiger charge is -2.17. The van der Waals surface area contributed by atoms with Gasteiger partial charge in [-0.2, -0.15) is 13.2 Å². The van der Waals surface area contributed by atoms with Crippen molar-refractivity contribution in [3.63, 3.8) is 0 Å². The number of hydrogen-bond donors (Lipinski definition) is 0. The zero-order valence-corrected chi connectivity index (χ0v) is 14.3. The molecule has 0 fully saturated rings. The van der Waals surface area contributed by atoms with Gasteiger partial charge in [0.25, 0.3) is 5.91 Å². The molecule has 0 aliphatic heterocycles. The van der Waals surface area contributed by atoms with Gasteiger partial charge in [0.15, 0.2) is 12.3 Å². The van der Waals surface area contributed by atoms with Crippen molar-refractivity contribution in [1.29, 1.82) is 0 Å². The van der Waals surface area contributed by atoms with Crippen molar-refractivity contribution in [3.05, 3.63) is 47.7 Å². The van der Waals surface area contributed by atoms with Gasteiger partial charge in [0.05, 0.1) is 7.11 Å². The van der Waals surface area contributed by atoms with Crippen molar-refractivity contribution in [3.8, 4) is 11.6 Å². The molecule has 2 aromatic rings. The predicted octanol–water partition coefficient (Wildman–Crippen LogP) is 2.74. The molecule has 0 saturated carbocycles. The first kappa shape index (κ1) is 19.5. The number of halogens is 3. The van der Waals surface area contributed by atoms with Crippen molar-refractivity contribution < 1.29 is 27.4 Å². The van der Waals surface area contributed by atoms with E-state index < -0.39 is 18.7 Å². The molecule has 0 aliphatic rings. The Morgan fingerprint density at radius 3 is 2.50 bits per heavy atom. The molecule has 1 aromatic carbocycles. The van der Waals surface area contributed by atoms with E-state index in [9.17, 15) is 18.0 Å². The van der Waals surface area contributed by atoms with E-state index in [4.69, 9.17) is 4.74 Å². The Labute approximate surface area is 148 Å². The van der Waals surface area contributed by atoms with Gasteiger partial charge in [-0.15, -0.1) is 10.2 Å². The van der Waals surface area contributed by atoms with Gasteiger partial charge >= 0.3 is 6.18 Å². The second-order valence-corrected chi connectivity index (χ2v) is 5.45. The summed E-state index contributed by atoms with van der Waals surface area (Å²) in [4.78, 5) is 13.8. The molecule has 1 aromatic heterocycles. The summed E-state index contributed by atoms with van der Waals surface area (Å²) in [6.07, 6.45) is -3.89. The van der Waals surface area contributed by atoms with E-state index in [-0.39, 0.29) is 11.6 Å². The molecule has 0 radical (unpaired) electrons. The van der Waals surface area contributed by atoms with E-state index in [2.05, 4.69) is 14.9 Å². The van der Waals surface area contributed by atoms with Crippen LogP contribution >= 0.6 is 0 Å². The highest BCUT2D eigenvalue weighted by Gasteiger charge is 2.28. The average Bonchev–Trinajstić information content (AvgIpc) is 2.64. The standard InChI is InChI=1S/C17H18F3N3O3/c1-23(10-9-12-5-3-4-6-14(12)25-2)16(24)13-7-8-15(22-21-13)26-11-17(18,19)20/h3-8H,9-11H2,1-2H3. The van der Waals surface area contributed by atoms with Gasteiger partial charge in [0.1, 0.15) is 5.75 Å². The summed E-state index contributed by atoms with van der Waals surface area (Å²) in [5.41, 5.74) is 0.975. The smallest absolute Gasteiger partial charge is 0.422 e. The first-order chi connectivity index (χ1) is 12.3. The van der Waals surface area contributed by atoms with Crippen LogP contribution in [0.5, 0.6) is 11.6 Å². The summed E-state index contributed by atoms with van der Waals surface area (Å²) >= 11 is 0. The molecule has 2 rings (SSSR count). The number of rotatable bonds is 7. The van der Waals surface area contributed by atoms with E-state index >= 15 is 0 Å². The van der Waals surface area contributed by atoms with Crippen LogP contribution in [0.1, 0.15) is 16.1 Å². The molecule has 0 N–H and O–H groups in total. The Hall–Kier alpha value is -2.84. The van der Waals surface area contributed by atoms with Crippen molar-refractivity contribution in [1.82, 2.24) is 15.1 Å². The zero-order chi connectivity index (χ0) is 19.2. The van der Waals surface area contributed by atoms with Crippen molar-refractivity contribution in [2.45, 2.75) is 12.6 Å². The Bertz CT molecular complexity index is 736. The number of carbonyl (C=O) groups is 1. The summed E-state index contributed by atoms with van der Waals surface area (Å²) in [5, 5.41) is 7.12. The number of likely N-dealkylation sites (N-methyl/N-ethyl adjacent to an activating group) is 1. The summed E-state index contributed by atoms with van der Waals surface area (Å²) < 4.78 is 46.0. The second kappa shape index (κ2) is 8.50. The maximum atomic E-state index is 12.3. The summed E-state index contributed by atoms with van der Waals surface area (Å²) in [7, 11) is 3.18. The van der Waals surface area contributed by atoms with Gasteiger partial charge in [-0.05, 0) is 24.1 Å². The Morgan fingerprint density at radius 2 is 1.88 bits per heavy atom. The molecule has 0 atom stereocenters. The van der Waals surface area contributed by atoms with Gasteiger partial charge in [0, 0.05) is 19.7 Å². The van der Waals surface area contributed by atoms with Crippen molar-refractivity contribution in [2.24, 2.45) is 0 Å². The fraction of sp³-hybridized carbons (Fsp3) is 0.353. The third-order valence-electron chi connectivity index (χ3n) is 3.50.